The average Bonchev–Trinajstić information content (AvgIpc) is 3.68. The molecule has 184 valence electrons. The van der Waals surface area contributed by atoms with Gasteiger partial charge in [0, 0.05) is 37.4 Å². The van der Waals surface area contributed by atoms with Crippen molar-refractivity contribution in [3.63, 3.8) is 0 Å². The highest BCUT2D eigenvalue weighted by molar-refractivity contribution is 5.95. The minimum absolute atomic E-state index is 0.104. The molecular weight excluding hydrogens is 445 g/mol. The lowest BCUT2D eigenvalue weighted by Gasteiger charge is -2.28. The fraction of sp³-hybridized carbons (Fsp3) is 0.429. The summed E-state index contributed by atoms with van der Waals surface area (Å²) < 4.78 is 20.8. The molecule has 35 heavy (non-hydrogen) atoms. The number of aromatic nitrogens is 1. The van der Waals surface area contributed by atoms with Crippen molar-refractivity contribution in [2.24, 2.45) is 0 Å². The summed E-state index contributed by atoms with van der Waals surface area (Å²) in [4.78, 5) is 28.3. The number of hydrogen-bond acceptors (Lipinski definition) is 4. The predicted octanol–water partition coefficient (Wildman–Crippen LogP) is 4.39. The van der Waals surface area contributed by atoms with Crippen molar-refractivity contribution in [1.82, 2.24) is 14.8 Å². The van der Waals surface area contributed by atoms with Gasteiger partial charge in [-0.15, -0.1) is 0 Å². The maximum atomic E-state index is 13.4. The summed E-state index contributed by atoms with van der Waals surface area (Å²) in [5.74, 6) is 0.552. The number of carbonyl (C=O) groups is 1. The topological polar surface area (TPSA) is 63.6 Å². The van der Waals surface area contributed by atoms with Crippen molar-refractivity contribution < 1.29 is 13.9 Å². The number of alkyl halides is 1. The van der Waals surface area contributed by atoms with Crippen LogP contribution in [0.1, 0.15) is 48.0 Å². The van der Waals surface area contributed by atoms with Gasteiger partial charge in [0.25, 0.3) is 11.5 Å². The number of ether oxygens (including phenoxy) is 1. The molecule has 0 radical (unpaired) electrons. The molecule has 0 bridgehead atoms. The largest absolute Gasteiger partial charge is 0.494 e. The molecule has 2 fully saturated rings. The second kappa shape index (κ2) is 10.2. The maximum Gasteiger partial charge on any atom is 0.263 e. The van der Waals surface area contributed by atoms with Crippen LogP contribution in [0.5, 0.6) is 5.75 Å². The quantitative estimate of drug-likeness (QED) is 0.489. The number of nitrogens with zero attached hydrogens (tertiary/aromatic N) is 2. The minimum atomic E-state index is -0.657. The van der Waals surface area contributed by atoms with Gasteiger partial charge in [0.15, 0.2) is 0 Å². The Bertz CT molecular complexity index is 1280. The number of hydrogen-bond donors (Lipinski definition) is 1. The first kappa shape index (κ1) is 23.5. The molecule has 1 saturated carbocycles. The molecule has 1 aliphatic carbocycles. The number of fused-ring (bicyclic) bond motifs is 1. The number of halogens is 1. The van der Waals surface area contributed by atoms with Crippen LogP contribution >= 0.6 is 0 Å². The number of nitrogens with one attached hydrogen (secondary N) is 1. The van der Waals surface area contributed by atoms with E-state index in [4.69, 9.17) is 4.74 Å². The molecule has 0 atom stereocenters. The normalized spacial score (nSPS) is 17.0. The summed E-state index contributed by atoms with van der Waals surface area (Å²) in [5.41, 5.74) is 2.02. The molecule has 0 unspecified atom stereocenters. The van der Waals surface area contributed by atoms with Crippen molar-refractivity contribution in [1.29, 1.82) is 0 Å². The van der Waals surface area contributed by atoms with Crippen molar-refractivity contribution in [3.8, 4) is 11.4 Å². The van der Waals surface area contributed by atoms with E-state index in [9.17, 15) is 14.0 Å². The minimum Gasteiger partial charge on any atom is -0.494 e. The van der Waals surface area contributed by atoms with Crippen LogP contribution in [0.3, 0.4) is 0 Å². The lowest BCUT2D eigenvalue weighted by molar-refractivity contribution is 0.0951. The Balaban J connectivity index is 1.31. The molecule has 1 aromatic heterocycles. The van der Waals surface area contributed by atoms with Gasteiger partial charge in [0.2, 0.25) is 0 Å². The van der Waals surface area contributed by atoms with Gasteiger partial charge in [-0.2, -0.15) is 0 Å². The molecule has 3 aromatic rings. The number of piperidine rings is 1. The Morgan fingerprint density at radius 2 is 1.89 bits per heavy atom. The van der Waals surface area contributed by atoms with Gasteiger partial charge in [-0.05, 0) is 80.3 Å². The average molecular weight is 478 g/mol. The summed E-state index contributed by atoms with van der Waals surface area (Å²) in [6.45, 7) is 4.97. The Kier molecular flexibility index (Phi) is 6.86. The van der Waals surface area contributed by atoms with E-state index < -0.39 is 6.17 Å². The molecule has 5 rings (SSSR count). The van der Waals surface area contributed by atoms with Crippen LogP contribution in [0, 0.1) is 6.92 Å². The molecule has 1 saturated heterocycles. The van der Waals surface area contributed by atoms with Gasteiger partial charge in [-0.1, -0.05) is 12.1 Å². The lowest BCUT2D eigenvalue weighted by Crippen LogP contribution is -2.35. The van der Waals surface area contributed by atoms with Gasteiger partial charge < -0.3 is 15.0 Å². The number of carbonyl (C=O) groups excluding carboxylic acids is 1. The van der Waals surface area contributed by atoms with E-state index in [0.29, 0.717) is 41.8 Å². The van der Waals surface area contributed by atoms with Crippen LogP contribution in [-0.4, -0.2) is 53.8 Å². The van der Waals surface area contributed by atoms with E-state index in [1.807, 2.05) is 31.2 Å². The first-order valence-corrected chi connectivity index (χ1v) is 12.5. The summed E-state index contributed by atoms with van der Waals surface area (Å²) >= 11 is 0. The molecule has 1 N–H and O–H groups in total. The van der Waals surface area contributed by atoms with E-state index in [2.05, 4.69) is 10.2 Å². The first-order chi connectivity index (χ1) is 17.0. The Morgan fingerprint density at radius 1 is 1.09 bits per heavy atom. The Labute approximate surface area is 204 Å². The smallest absolute Gasteiger partial charge is 0.263 e. The molecular formula is C28H32FN3O3. The number of likely N-dealkylation sites (tertiary alicyclic amines) is 1. The lowest BCUT2D eigenvalue weighted by atomic mass is 10.1. The molecule has 2 aliphatic rings. The fourth-order valence-corrected chi connectivity index (χ4v) is 4.61. The highest BCUT2D eigenvalue weighted by atomic mass is 19.1. The summed E-state index contributed by atoms with van der Waals surface area (Å²) in [5, 5.41) is 4.42. The van der Waals surface area contributed by atoms with Gasteiger partial charge in [0.05, 0.1) is 17.7 Å². The van der Waals surface area contributed by atoms with Gasteiger partial charge in [-0.3, -0.25) is 14.2 Å². The second-order valence-electron chi connectivity index (χ2n) is 9.71. The van der Waals surface area contributed by atoms with Crippen LogP contribution in [0.25, 0.3) is 16.5 Å². The zero-order chi connectivity index (χ0) is 24.4. The molecule has 0 spiro atoms. The molecule has 6 nitrogen and oxygen atoms in total. The summed E-state index contributed by atoms with van der Waals surface area (Å²) in [6, 6.07) is 13.2. The van der Waals surface area contributed by atoms with Crippen molar-refractivity contribution in [2.75, 3.05) is 26.2 Å². The van der Waals surface area contributed by atoms with Gasteiger partial charge in [0.1, 0.15) is 11.9 Å². The zero-order valence-electron chi connectivity index (χ0n) is 20.1. The van der Waals surface area contributed by atoms with E-state index in [1.54, 1.807) is 29.0 Å². The van der Waals surface area contributed by atoms with Crippen LogP contribution in [0.15, 0.2) is 53.5 Å². The number of rotatable bonds is 8. The number of amides is 1. The molecule has 7 heteroatoms. The third kappa shape index (κ3) is 5.56. The Hall–Kier alpha value is -3.19. The number of benzene rings is 2. The second-order valence-corrected chi connectivity index (χ2v) is 9.71. The fourth-order valence-electron chi connectivity index (χ4n) is 4.61. The monoisotopic (exact) mass is 477 g/mol. The third-order valence-corrected chi connectivity index (χ3v) is 6.93. The van der Waals surface area contributed by atoms with Gasteiger partial charge >= 0.3 is 0 Å². The number of aryl methyl sites for hydroxylation is 1. The SMILES string of the molecule is Cc1ccc(C(=O)NC2CC2)cc1-n1ccc2ccc(OCCCN3CCC(F)CC3)cc2c1=O. The van der Waals surface area contributed by atoms with Crippen molar-refractivity contribution in [3.05, 3.63) is 70.1 Å². The highest BCUT2D eigenvalue weighted by Crippen LogP contribution is 2.23. The highest BCUT2D eigenvalue weighted by Gasteiger charge is 2.24. The van der Waals surface area contributed by atoms with Crippen LogP contribution in [0.4, 0.5) is 4.39 Å². The molecule has 2 aromatic carbocycles. The standard InChI is InChI=1S/C28H32FN3O3/c1-19-3-4-21(27(33)30-23-6-7-23)17-26(19)32-15-9-20-5-8-24(18-25(20)28(32)34)35-16-2-12-31-13-10-22(29)11-14-31/h3-5,8-9,15,17-18,22-23H,2,6-7,10-14,16H2,1H3,(H,30,33). The number of pyridine rings is 1. The molecule has 2 heterocycles. The van der Waals surface area contributed by atoms with Crippen LogP contribution < -0.4 is 15.6 Å². The van der Waals surface area contributed by atoms with E-state index in [0.717, 1.165) is 49.8 Å². The van der Waals surface area contributed by atoms with Crippen molar-refractivity contribution in [2.45, 2.75) is 51.2 Å². The Morgan fingerprint density at radius 3 is 2.66 bits per heavy atom. The molecule has 1 amide bonds. The first-order valence-electron chi connectivity index (χ1n) is 12.5. The van der Waals surface area contributed by atoms with Crippen LogP contribution in [0.2, 0.25) is 0 Å². The maximum absolute atomic E-state index is 13.4. The van der Waals surface area contributed by atoms with E-state index in [1.165, 1.54) is 0 Å². The summed E-state index contributed by atoms with van der Waals surface area (Å²) in [6.07, 6.45) is 5.24. The van der Waals surface area contributed by atoms with Crippen LogP contribution in [-0.2, 0) is 0 Å². The zero-order valence-corrected chi connectivity index (χ0v) is 20.1. The third-order valence-electron chi connectivity index (χ3n) is 6.93. The van der Waals surface area contributed by atoms with Gasteiger partial charge in [-0.25, -0.2) is 4.39 Å². The van der Waals surface area contributed by atoms with E-state index in [-0.39, 0.29) is 17.5 Å². The summed E-state index contributed by atoms with van der Waals surface area (Å²) in [7, 11) is 0. The predicted molar refractivity (Wildman–Crippen MR) is 135 cm³/mol. The molecule has 1 aliphatic heterocycles. The van der Waals surface area contributed by atoms with Crippen molar-refractivity contribution >= 4 is 16.7 Å². The van der Waals surface area contributed by atoms with E-state index >= 15 is 0 Å².